The van der Waals surface area contributed by atoms with Crippen LogP contribution in [-0.4, -0.2) is 24.6 Å². The summed E-state index contributed by atoms with van der Waals surface area (Å²) in [5.74, 6) is -0.601. The molecule has 0 unspecified atom stereocenters. The van der Waals surface area contributed by atoms with Crippen LogP contribution in [0.15, 0.2) is 58.4 Å². The van der Waals surface area contributed by atoms with E-state index >= 15 is 0 Å². The third-order valence-electron chi connectivity index (χ3n) is 3.93. The molecule has 0 radical (unpaired) electrons. The second-order valence-electron chi connectivity index (χ2n) is 5.41. The summed E-state index contributed by atoms with van der Waals surface area (Å²) in [6.07, 6.45) is 0. The van der Waals surface area contributed by atoms with Crippen LogP contribution in [0.3, 0.4) is 0 Å². The Bertz CT molecular complexity index is 1110. The third kappa shape index (κ3) is 3.29. The maximum absolute atomic E-state index is 12.7. The molecule has 2 aromatic carbocycles. The van der Waals surface area contributed by atoms with E-state index < -0.39 is 15.7 Å². The SMILES string of the molecule is CCn1c(=NC(=O)c2ccccc2S(=O)(=O)CC)sc2ccccc21. The summed E-state index contributed by atoms with van der Waals surface area (Å²) >= 11 is 1.42. The van der Waals surface area contributed by atoms with E-state index in [0.29, 0.717) is 11.3 Å². The fourth-order valence-electron chi connectivity index (χ4n) is 2.63. The number of rotatable bonds is 4. The number of hydrogen-bond acceptors (Lipinski definition) is 4. The molecular weight excluding hydrogens is 356 g/mol. The van der Waals surface area contributed by atoms with Crippen molar-refractivity contribution in [3.8, 4) is 0 Å². The normalized spacial score (nSPS) is 12.6. The Labute approximate surface area is 150 Å². The van der Waals surface area contributed by atoms with Crippen LogP contribution in [0, 0.1) is 0 Å². The molecular formula is C18H18N2O3S2. The van der Waals surface area contributed by atoms with Crippen LogP contribution in [0.1, 0.15) is 24.2 Å². The molecule has 0 saturated heterocycles. The minimum absolute atomic E-state index is 0.0374. The van der Waals surface area contributed by atoms with Crippen molar-refractivity contribution in [1.29, 1.82) is 0 Å². The molecule has 0 saturated carbocycles. The highest BCUT2D eigenvalue weighted by Gasteiger charge is 2.20. The lowest BCUT2D eigenvalue weighted by Crippen LogP contribution is -2.17. The number of nitrogens with zero attached hydrogens (tertiary/aromatic N) is 2. The highest BCUT2D eigenvalue weighted by molar-refractivity contribution is 7.91. The van der Waals surface area contributed by atoms with Crippen LogP contribution in [-0.2, 0) is 16.4 Å². The van der Waals surface area contributed by atoms with Gasteiger partial charge in [-0.25, -0.2) is 8.42 Å². The van der Waals surface area contributed by atoms with E-state index in [4.69, 9.17) is 0 Å². The van der Waals surface area contributed by atoms with E-state index in [2.05, 4.69) is 4.99 Å². The molecule has 0 aliphatic heterocycles. The maximum Gasteiger partial charge on any atom is 0.280 e. The molecule has 0 bridgehead atoms. The maximum atomic E-state index is 12.7. The minimum atomic E-state index is -3.49. The molecule has 1 heterocycles. The van der Waals surface area contributed by atoms with Crippen LogP contribution in [0.5, 0.6) is 0 Å². The third-order valence-corrected chi connectivity index (χ3v) is 6.78. The summed E-state index contributed by atoms with van der Waals surface area (Å²) in [7, 11) is -3.49. The van der Waals surface area contributed by atoms with Crippen molar-refractivity contribution in [3.63, 3.8) is 0 Å². The Morgan fingerprint density at radius 1 is 1.08 bits per heavy atom. The van der Waals surface area contributed by atoms with E-state index in [1.165, 1.54) is 23.5 Å². The zero-order valence-corrected chi connectivity index (χ0v) is 15.6. The lowest BCUT2D eigenvalue weighted by atomic mass is 10.2. The average Bonchev–Trinajstić information content (AvgIpc) is 2.98. The Kier molecular flexibility index (Phi) is 4.87. The van der Waals surface area contributed by atoms with Crippen molar-refractivity contribution < 1.29 is 13.2 Å². The van der Waals surface area contributed by atoms with Gasteiger partial charge in [-0.05, 0) is 31.2 Å². The molecule has 1 amide bonds. The number of aryl methyl sites for hydroxylation is 1. The first-order chi connectivity index (χ1) is 12.0. The molecule has 5 nitrogen and oxygen atoms in total. The van der Waals surface area contributed by atoms with Crippen LogP contribution in [0.4, 0.5) is 0 Å². The number of para-hydroxylation sites is 1. The minimum Gasteiger partial charge on any atom is -0.317 e. The van der Waals surface area contributed by atoms with E-state index in [0.717, 1.165) is 10.2 Å². The van der Waals surface area contributed by atoms with Crippen molar-refractivity contribution >= 4 is 37.3 Å². The summed E-state index contributed by atoms with van der Waals surface area (Å²) in [5.41, 5.74) is 1.13. The summed E-state index contributed by atoms with van der Waals surface area (Å²) in [6.45, 7) is 4.22. The van der Waals surface area contributed by atoms with Crippen molar-refractivity contribution in [3.05, 3.63) is 58.9 Å². The van der Waals surface area contributed by atoms with Gasteiger partial charge >= 0.3 is 0 Å². The number of amides is 1. The van der Waals surface area contributed by atoms with E-state index in [1.807, 2.05) is 35.8 Å². The number of thiazole rings is 1. The zero-order valence-electron chi connectivity index (χ0n) is 14.0. The number of benzene rings is 2. The molecule has 0 spiro atoms. The van der Waals surface area contributed by atoms with Gasteiger partial charge in [0.1, 0.15) is 0 Å². The molecule has 3 aromatic rings. The highest BCUT2D eigenvalue weighted by atomic mass is 32.2. The summed E-state index contributed by atoms with van der Waals surface area (Å²) < 4.78 is 27.5. The largest absolute Gasteiger partial charge is 0.317 e. The first-order valence-corrected chi connectivity index (χ1v) is 10.4. The number of hydrogen-bond donors (Lipinski definition) is 0. The molecule has 130 valence electrons. The predicted molar refractivity (Wildman–Crippen MR) is 99.6 cm³/mol. The Morgan fingerprint density at radius 3 is 2.48 bits per heavy atom. The van der Waals surface area contributed by atoms with Crippen LogP contribution >= 0.6 is 11.3 Å². The molecule has 3 rings (SSSR count). The summed E-state index contributed by atoms with van der Waals surface area (Å²) in [5, 5.41) is 0. The summed E-state index contributed by atoms with van der Waals surface area (Å²) in [4.78, 5) is 17.5. The summed E-state index contributed by atoms with van der Waals surface area (Å²) in [6, 6.07) is 14.1. The van der Waals surface area contributed by atoms with Gasteiger partial charge in [0.25, 0.3) is 5.91 Å². The van der Waals surface area contributed by atoms with Gasteiger partial charge in [-0.2, -0.15) is 4.99 Å². The monoisotopic (exact) mass is 374 g/mol. The van der Waals surface area contributed by atoms with Crippen molar-refractivity contribution in [2.75, 3.05) is 5.75 Å². The van der Waals surface area contributed by atoms with E-state index in [1.54, 1.807) is 19.1 Å². The molecule has 7 heteroatoms. The average molecular weight is 374 g/mol. The van der Waals surface area contributed by atoms with Gasteiger partial charge in [0.15, 0.2) is 14.6 Å². The number of sulfone groups is 1. The molecule has 1 aromatic heterocycles. The number of carbonyl (C=O) groups excluding carboxylic acids is 1. The molecule has 0 aliphatic rings. The highest BCUT2D eigenvalue weighted by Crippen LogP contribution is 2.19. The lowest BCUT2D eigenvalue weighted by Gasteiger charge is -2.06. The van der Waals surface area contributed by atoms with Gasteiger partial charge in [-0.15, -0.1) is 0 Å². The van der Waals surface area contributed by atoms with Crippen LogP contribution < -0.4 is 4.80 Å². The first kappa shape index (κ1) is 17.6. The van der Waals surface area contributed by atoms with E-state index in [9.17, 15) is 13.2 Å². The van der Waals surface area contributed by atoms with Gasteiger partial charge in [0.2, 0.25) is 0 Å². The number of carbonyl (C=O) groups is 1. The fraction of sp³-hybridized carbons (Fsp3) is 0.222. The van der Waals surface area contributed by atoms with Crippen LogP contribution in [0.2, 0.25) is 0 Å². The molecule has 25 heavy (non-hydrogen) atoms. The van der Waals surface area contributed by atoms with E-state index in [-0.39, 0.29) is 16.2 Å². The van der Waals surface area contributed by atoms with Gasteiger partial charge in [-0.1, -0.05) is 42.5 Å². The second kappa shape index (κ2) is 6.93. The predicted octanol–water partition coefficient (Wildman–Crippen LogP) is 3.26. The standard InChI is InChI=1S/C18H18N2O3S2/c1-3-20-14-10-6-7-11-15(14)24-18(20)19-17(21)13-9-5-8-12-16(13)25(22,23)4-2/h5-12H,3-4H2,1-2H3. The molecule has 0 N–H and O–H groups in total. The zero-order chi connectivity index (χ0) is 18.0. The van der Waals surface area contributed by atoms with Gasteiger partial charge < -0.3 is 4.57 Å². The molecule has 0 fully saturated rings. The smallest absolute Gasteiger partial charge is 0.280 e. The van der Waals surface area contributed by atoms with Crippen molar-refractivity contribution in [1.82, 2.24) is 4.57 Å². The fourth-order valence-corrected chi connectivity index (χ4v) is 4.81. The van der Waals surface area contributed by atoms with Gasteiger partial charge in [-0.3, -0.25) is 4.79 Å². The Morgan fingerprint density at radius 2 is 1.76 bits per heavy atom. The topological polar surface area (TPSA) is 68.5 Å². The van der Waals surface area contributed by atoms with Gasteiger partial charge in [0, 0.05) is 6.54 Å². The van der Waals surface area contributed by atoms with Crippen molar-refractivity contribution in [2.45, 2.75) is 25.3 Å². The first-order valence-electron chi connectivity index (χ1n) is 7.97. The molecule has 0 atom stereocenters. The number of fused-ring (bicyclic) bond motifs is 1. The van der Waals surface area contributed by atoms with Crippen LogP contribution in [0.25, 0.3) is 10.2 Å². The second-order valence-corrected chi connectivity index (χ2v) is 8.67. The Hall–Kier alpha value is -2.25. The molecule has 0 aliphatic carbocycles. The van der Waals surface area contributed by atoms with Gasteiger partial charge in [0.05, 0.1) is 26.4 Å². The lowest BCUT2D eigenvalue weighted by molar-refractivity contribution is 0.0994. The number of aromatic nitrogens is 1. The Balaban J connectivity index is 2.17. The quantitative estimate of drug-likeness (QED) is 0.704. The van der Waals surface area contributed by atoms with Crippen molar-refractivity contribution in [2.24, 2.45) is 4.99 Å².